The first-order chi connectivity index (χ1) is 14.2. The Balaban J connectivity index is 1.66. The number of primary sulfonamides is 1. The van der Waals surface area contributed by atoms with E-state index in [0.29, 0.717) is 28.1 Å². The van der Waals surface area contributed by atoms with Crippen LogP contribution in [0, 0.1) is 5.41 Å². The largest absolute Gasteiger partial charge is 0.384 e. The Labute approximate surface area is 174 Å². The van der Waals surface area contributed by atoms with Gasteiger partial charge in [-0.05, 0) is 35.9 Å². The molecule has 0 unspecified atom stereocenters. The minimum absolute atomic E-state index is 0.0252. The van der Waals surface area contributed by atoms with Gasteiger partial charge in [0, 0.05) is 22.5 Å². The van der Waals surface area contributed by atoms with Crippen molar-refractivity contribution in [1.29, 1.82) is 5.41 Å². The van der Waals surface area contributed by atoms with E-state index in [-0.39, 0.29) is 23.2 Å². The number of carbonyl (C=O) groups excluding carboxylic acids is 1. The van der Waals surface area contributed by atoms with Crippen LogP contribution in [-0.4, -0.2) is 26.7 Å². The van der Waals surface area contributed by atoms with Gasteiger partial charge in [0.25, 0.3) is 0 Å². The Bertz CT molecular complexity index is 1190. The topological polar surface area (TPSA) is 151 Å². The van der Waals surface area contributed by atoms with Gasteiger partial charge in [-0.15, -0.1) is 0 Å². The molecule has 0 atom stereocenters. The molecule has 0 spiro atoms. The van der Waals surface area contributed by atoms with Crippen molar-refractivity contribution in [3.05, 3.63) is 78.4 Å². The highest BCUT2D eigenvalue weighted by Gasteiger charge is 2.14. The molecule has 9 heteroatoms. The molecule has 0 heterocycles. The SMILES string of the molecule is N=C(N)c1cccc(NCC(=O)Nc2ccc(-c3ccccc3S(N)(=O)=O)cc2)c1. The van der Waals surface area contributed by atoms with Crippen LogP contribution in [-0.2, 0) is 14.8 Å². The van der Waals surface area contributed by atoms with Gasteiger partial charge in [-0.1, -0.05) is 42.5 Å². The third-order valence-electron chi connectivity index (χ3n) is 4.30. The molecular formula is C21H21N5O3S. The number of nitrogens with one attached hydrogen (secondary N) is 3. The van der Waals surface area contributed by atoms with Gasteiger partial charge in [0.1, 0.15) is 5.84 Å². The molecule has 8 nitrogen and oxygen atoms in total. The fraction of sp³-hybridized carbons (Fsp3) is 0.0476. The third-order valence-corrected chi connectivity index (χ3v) is 5.27. The maximum Gasteiger partial charge on any atom is 0.243 e. The minimum Gasteiger partial charge on any atom is -0.384 e. The molecule has 0 aliphatic heterocycles. The molecule has 0 bridgehead atoms. The fourth-order valence-corrected chi connectivity index (χ4v) is 3.63. The van der Waals surface area contributed by atoms with Crippen molar-refractivity contribution in [1.82, 2.24) is 0 Å². The van der Waals surface area contributed by atoms with Crippen LogP contribution in [0.25, 0.3) is 11.1 Å². The van der Waals surface area contributed by atoms with E-state index in [9.17, 15) is 13.2 Å². The monoisotopic (exact) mass is 423 g/mol. The van der Waals surface area contributed by atoms with E-state index in [2.05, 4.69) is 10.6 Å². The number of anilines is 2. The number of rotatable bonds is 7. The molecule has 7 N–H and O–H groups in total. The smallest absolute Gasteiger partial charge is 0.243 e. The lowest BCUT2D eigenvalue weighted by atomic mass is 10.1. The molecule has 1 amide bonds. The van der Waals surface area contributed by atoms with Crippen molar-refractivity contribution in [3.8, 4) is 11.1 Å². The zero-order chi connectivity index (χ0) is 21.7. The second-order valence-corrected chi connectivity index (χ2v) is 8.04. The quantitative estimate of drug-likeness (QED) is 0.292. The number of amides is 1. The minimum atomic E-state index is -3.85. The number of amidine groups is 1. The van der Waals surface area contributed by atoms with Crippen molar-refractivity contribution in [2.24, 2.45) is 10.9 Å². The van der Waals surface area contributed by atoms with Crippen LogP contribution in [0.4, 0.5) is 11.4 Å². The molecule has 30 heavy (non-hydrogen) atoms. The number of benzene rings is 3. The van der Waals surface area contributed by atoms with Gasteiger partial charge in [-0.2, -0.15) is 0 Å². The van der Waals surface area contributed by atoms with Gasteiger partial charge in [-0.3, -0.25) is 10.2 Å². The second-order valence-electron chi connectivity index (χ2n) is 6.51. The summed E-state index contributed by atoms with van der Waals surface area (Å²) in [5, 5.41) is 18.5. The van der Waals surface area contributed by atoms with E-state index < -0.39 is 10.0 Å². The van der Waals surface area contributed by atoms with Gasteiger partial charge >= 0.3 is 0 Å². The summed E-state index contributed by atoms with van der Waals surface area (Å²) in [6, 6.07) is 20.2. The first kappa shape index (κ1) is 21.0. The summed E-state index contributed by atoms with van der Waals surface area (Å²) < 4.78 is 23.6. The van der Waals surface area contributed by atoms with Gasteiger partial charge in [-0.25, -0.2) is 13.6 Å². The van der Waals surface area contributed by atoms with Crippen LogP contribution < -0.4 is 21.5 Å². The van der Waals surface area contributed by atoms with Crippen LogP contribution in [0.15, 0.2) is 77.7 Å². The molecule has 154 valence electrons. The van der Waals surface area contributed by atoms with Crippen LogP contribution in [0.5, 0.6) is 0 Å². The van der Waals surface area contributed by atoms with E-state index in [1.807, 2.05) is 0 Å². The summed E-state index contributed by atoms with van der Waals surface area (Å²) in [5.41, 5.74) is 8.42. The van der Waals surface area contributed by atoms with Crippen molar-refractivity contribution in [2.45, 2.75) is 4.90 Å². The van der Waals surface area contributed by atoms with Crippen molar-refractivity contribution < 1.29 is 13.2 Å². The number of sulfonamides is 1. The van der Waals surface area contributed by atoms with Crippen LogP contribution in [0.3, 0.4) is 0 Å². The summed E-state index contributed by atoms with van der Waals surface area (Å²) in [7, 11) is -3.85. The van der Waals surface area contributed by atoms with E-state index >= 15 is 0 Å². The molecule has 0 saturated heterocycles. The highest BCUT2D eigenvalue weighted by molar-refractivity contribution is 7.89. The van der Waals surface area contributed by atoms with Gasteiger partial charge in [0.15, 0.2) is 0 Å². The van der Waals surface area contributed by atoms with E-state index in [1.54, 1.807) is 66.7 Å². The van der Waals surface area contributed by atoms with Crippen LogP contribution in [0.2, 0.25) is 0 Å². The average molecular weight is 423 g/mol. The van der Waals surface area contributed by atoms with Gasteiger partial charge in [0.05, 0.1) is 11.4 Å². The lowest BCUT2D eigenvalue weighted by molar-refractivity contribution is -0.114. The van der Waals surface area contributed by atoms with Crippen molar-refractivity contribution in [3.63, 3.8) is 0 Å². The van der Waals surface area contributed by atoms with Crippen molar-refractivity contribution in [2.75, 3.05) is 17.2 Å². The van der Waals surface area contributed by atoms with E-state index in [1.165, 1.54) is 6.07 Å². The zero-order valence-corrected chi connectivity index (χ0v) is 16.7. The highest BCUT2D eigenvalue weighted by Crippen LogP contribution is 2.27. The predicted octanol–water partition coefficient (Wildman–Crippen LogP) is 2.34. The van der Waals surface area contributed by atoms with Crippen LogP contribution in [0.1, 0.15) is 5.56 Å². The number of hydrogen-bond donors (Lipinski definition) is 5. The first-order valence-corrected chi connectivity index (χ1v) is 10.5. The Kier molecular flexibility index (Phi) is 6.14. The number of hydrogen-bond acceptors (Lipinski definition) is 5. The summed E-state index contributed by atoms with van der Waals surface area (Å²) in [6.45, 7) is 0.0252. The molecule has 0 saturated carbocycles. The molecule has 0 fully saturated rings. The molecule has 3 rings (SSSR count). The third kappa shape index (κ3) is 5.22. The van der Waals surface area contributed by atoms with Crippen LogP contribution >= 0.6 is 0 Å². The highest BCUT2D eigenvalue weighted by atomic mass is 32.2. The Morgan fingerprint density at radius 3 is 2.30 bits per heavy atom. The summed E-state index contributed by atoms with van der Waals surface area (Å²) >= 11 is 0. The maximum absolute atomic E-state index is 12.2. The Hall–Kier alpha value is -3.69. The summed E-state index contributed by atoms with van der Waals surface area (Å²) in [5.74, 6) is -0.312. The standard InChI is InChI=1S/C21H21N5O3S/c22-21(23)15-4-3-5-17(12-15)25-13-20(27)26-16-10-8-14(9-11-16)18-6-1-2-7-19(18)30(24,28)29/h1-12,25H,13H2,(H3,22,23)(H,26,27)(H2,24,28,29). The number of nitrogen functional groups attached to an aromatic ring is 1. The first-order valence-electron chi connectivity index (χ1n) is 8.94. The van der Waals surface area contributed by atoms with E-state index in [0.717, 1.165) is 0 Å². The zero-order valence-electron chi connectivity index (χ0n) is 15.9. The second kappa shape index (κ2) is 8.76. The maximum atomic E-state index is 12.2. The van der Waals surface area contributed by atoms with Gasteiger partial charge in [0.2, 0.25) is 15.9 Å². The molecule has 3 aromatic rings. The lowest BCUT2D eigenvalue weighted by Crippen LogP contribution is -2.22. The van der Waals surface area contributed by atoms with Gasteiger partial charge < -0.3 is 16.4 Å². The molecular weight excluding hydrogens is 402 g/mol. The summed E-state index contributed by atoms with van der Waals surface area (Å²) in [6.07, 6.45) is 0. The normalized spacial score (nSPS) is 11.0. The molecule has 3 aromatic carbocycles. The lowest BCUT2D eigenvalue weighted by Gasteiger charge is -2.11. The molecule has 0 aromatic heterocycles. The number of carbonyl (C=O) groups is 1. The fourth-order valence-electron chi connectivity index (χ4n) is 2.87. The summed E-state index contributed by atoms with van der Waals surface area (Å²) in [4.78, 5) is 12.2. The molecule has 0 aliphatic carbocycles. The number of nitrogens with two attached hydrogens (primary N) is 2. The van der Waals surface area contributed by atoms with Crippen molar-refractivity contribution >= 4 is 33.1 Å². The molecule has 0 radical (unpaired) electrons. The average Bonchev–Trinajstić information content (AvgIpc) is 2.72. The van der Waals surface area contributed by atoms with E-state index in [4.69, 9.17) is 16.3 Å². The Morgan fingerprint density at radius 2 is 1.63 bits per heavy atom. The predicted molar refractivity (Wildman–Crippen MR) is 118 cm³/mol. The Morgan fingerprint density at radius 1 is 0.933 bits per heavy atom. The molecule has 0 aliphatic rings.